The molecule has 8 aromatic rings. The van der Waals surface area contributed by atoms with Crippen molar-refractivity contribution in [2.24, 2.45) is 0 Å². The molecule has 0 radical (unpaired) electrons. The molecule has 534 valence electrons. The lowest BCUT2D eigenvalue weighted by atomic mass is 9.85. The van der Waals surface area contributed by atoms with Gasteiger partial charge in [-0.2, -0.15) is 13.2 Å². The number of benzene rings is 6. The van der Waals surface area contributed by atoms with Gasteiger partial charge < -0.3 is 4.74 Å². The van der Waals surface area contributed by atoms with E-state index in [9.17, 15) is 30.7 Å². The third-order valence-electron chi connectivity index (χ3n) is 15.4. The molecule has 3 nitrogen and oxygen atoms in total. The highest BCUT2D eigenvalue weighted by atomic mass is 19.4. The molecule has 2 heterocycles. The second kappa shape index (κ2) is 36.1. The van der Waals surface area contributed by atoms with Crippen LogP contribution in [0.15, 0.2) is 170 Å². The minimum absolute atomic E-state index is 0.0362. The first-order valence-corrected chi connectivity index (χ1v) is 33.6. The van der Waals surface area contributed by atoms with Crippen molar-refractivity contribution < 1.29 is 35.5 Å². The van der Waals surface area contributed by atoms with Crippen molar-refractivity contribution in [3.63, 3.8) is 0 Å². The zero-order valence-corrected chi connectivity index (χ0v) is 65.1. The van der Waals surface area contributed by atoms with E-state index in [4.69, 9.17) is 0 Å². The number of rotatable bonds is 1. The molecule has 0 unspecified atom stereocenters. The molecule has 0 N–H and O–H groups in total. The summed E-state index contributed by atoms with van der Waals surface area (Å²) in [5.74, 6) is -0.294. The Kier molecular flexibility index (Phi) is 32.8. The molecule has 8 rings (SSSR count). The maximum Gasteiger partial charge on any atom is 0.573 e. The van der Waals surface area contributed by atoms with E-state index in [2.05, 4.69) is 264 Å². The first-order valence-electron chi connectivity index (χ1n) is 33.6. The number of aryl methyl sites for hydroxylation is 7. The molecule has 0 saturated carbocycles. The first-order chi connectivity index (χ1) is 43.7. The lowest BCUT2D eigenvalue weighted by Crippen LogP contribution is -2.17. The number of pyridine rings is 2. The standard InChI is InChI=1S/C12H15F3.C11H13F3O.C11H15F.3C11H16.2C10H15N/c1-8-5-6-9(11(2,3)4)7-10(8)12(13,14)15;1-10(2,3)8-4-6-9(7-5-8)15-11(12,13)14;1-8-5-6-9(7-10(8)12)11(2,3)4;1-9-5-7-10(8-6-9)11(2,3)4;2*1-9-6-5-7-10(8-9)11(2,3)4;1-8-5-6-9(11-7-8)10(2,3)4;1-8-6-5-7-9(11-8)10(2,3)4/h5-7H,1-4H3;4-7H,1-3H3;5-7H,1-4H3;3*5-8H,1-4H3;2*5-7H,1-4H3. The van der Waals surface area contributed by atoms with Crippen LogP contribution in [0.2, 0.25) is 0 Å². The Hall–Kier alpha value is -7.07. The zero-order valence-electron chi connectivity index (χ0n) is 65.1. The summed E-state index contributed by atoms with van der Waals surface area (Å²) in [7, 11) is 0. The van der Waals surface area contributed by atoms with Crippen LogP contribution in [-0.4, -0.2) is 16.3 Å². The summed E-state index contributed by atoms with van der Waals surface area (Å²) in [6.07, 6.45) is -6.96. The predicted molar refractivity (Wildman–Crippen MR) is 402 cm³/mol. The third kappa shape index (κ3) is 35.3. The van der Waals surface area contributed by atoms with Gasteiger partial charge in [0.15, 0.2) is 0 Å². The monoisotopic (exact) mass is 1340 g/mol. The molecule has 0 atom stereocenters. The molecule has 0 amide bonds. The minimum atomic E-state index is -4.62. The Bertz CT molecular complexity index is 3410. The number of hydrogen-bond donors (Lipinski definition) is 0. The zero-order chi connectivity index (χ0) is 75.3. The van der Waals surface area contributed by atoms with Crippen molar-refractivity contribution in [3.8, 4) is 5.75 Å². The number of halogens is 7. The van der Waals surface area contributed by atoms with Gasteiger partial charge in [0.2, 0.25) is 0 Å². The highest BCUT2D eigenvalue weighted by Gasteiger charge is 2.34. The van der Waals surface area contributed by atoms with E-state index in [0.717, 1.165) is 28.2 Å². The third-order valence-corrected chi connectivity index (χ3v) is 15.4. The molecular formula is C87H121F7N2O. The molecule has 0 bridgehead atoms. The van der Waals surface area contributed by atoms with Gasteiger partial charge in [0.05, 0.1) is 5.56 Å². The fourth-order valence-corrected chi connectivity index (χ4v) is 8.76. The quantitative estimate of drug-likeness (QED) is 0.154. The molecule has 10 heteroatoms. The fraction of sp³-hybridized carbons (Fsp3) is 0.471. The van der Waals surface area contributed by atoms with Crippen LogP contribution in [0, 0.1) is 54.3 Å². The summed E-state index contributed by atoms with van der Waals surface area (Å²) < 4.78 is 90.3. The number of alkyl halides is 6. The molecule has 0 aliphatic carbocycles. The Morgan fingerprint density at radius 1 is 0.299 bits per heavy atom. The van der Waals surface area contributed by atoms with E-state index in [-0.39, 0.29) is 60.5 Å². The highest BCUT2D eigenvalue weighted by Crippen LogP contribution is 2.36. The molecule has 0 fully saturated rings. The molecule has 6 aromatic carbocycles. The molecule has 0 aliphatic heterocycles. The van der Waals surface area contributed by atoms with E-state index in [0.29, 0.717) is 11.1 Å². The Balaban J connectivity index is 0.000000556. The fourth-order valence-electron chi connectivity index (χ4n) is 8.76. The summed E-state index contributed by atoms with van der Waals surface area (Å²) in [6, 6.07) is 52.4. The largest absolute Gasteiger partial charge is 0.573 e. The number of aromatic nitrogens is 2. The minimum Gasteiger partial charge on any atom is -0.406 e. The van der Waals surface area contributed by atoms with Gasteiger partial charge in [0.25, 0.3) is 0 Å². The van der Waals surface area contributed by atoms with Crippen molar-refractivity contribution >= 4 is 0 Å². The smallest absolute Gasteiger partial charge is 0.406 e. The van der Waals surface area contributed by atoms with Gasteiger partial charge >= 0.3 is 12.5 Å². The van der Waals surface area contributed by atoms with Crippen LogP contribution in [0.5, 0.6) is 5.75 Å². The van der Waals surface area contributed by atoms with Crippen molar-refractivity contribution in [2.45, 2.75) is 270 Å². The Morgan fingerprint density at radius 3 is 0.959 bits per heavy atom. The SMILES string of the molecule is CC(C)(C)c1ccc(OC(F)(F)F)cc1.Cc1ccc(C(C)(C)C)cc1.Cc1ccc(C(C)(C)C)cc1C(F)(F)F.Cc1ccc(C(C)(C)C)cc1F.Cc1ccc(C(C)(C)C)nc1.Cc1cccc(C(C)(C)C)c1.Cc1cccc(C(C)(C)C)c1.Cc1cccc(C(C)(C)C)n1. The molecular weight excluding hydrogens is 1220 g/mol. The van der Waals surface area contributed by atoms with E-state index < -0.39 is 18.1 Å². The van der Waals surface area contributed by atoms with Gasteiger partial charge in [-0.25, -0.2) is 4.39 Å². The van der Waals surface area contributed by atoms with E-state index in [1.165, 1.54) is 70.1 Å². The average Bonchev–Trinajstić information content (AvgIpc) is 0.836. The average molecular weight is 1340 g/mol. The Morgan fingerprint density at radius 2 is 0.649 bits per heavy atom. The van der Waals surface area contributed by atoms with Gasteiger partial charge in [-0.3, -0.25) is 9.97 Å². The molecule has 0 aliphatic rings. The van der Waals surface area contributed by atoms with Gasteiger partial charge in [-0.05, 0) is 173 Å². The second-order valence-corrected chi connectivity index (χ2v) is 33.6. The van der Waals surface area contributed by atoms with E-state index in [1.807, 2.05) is 72.9 Å². The molecule has 0 spiro atoms. The van der Waals surface area contributed by atoms with Crippen LogP contribution in [0.1, 0.15) is 256 Å². The number of ether oxygens (including phenoxy) is 1. The Labute approximate surface area is 584 Å². The van der Waals surface area contributed by atoms with Crippen LogP contribution in [-0.2, 0) is 49.5 Å². The summed E-state index contributed by atoms with van der Waals surface area (Å²) in [6.45, 7) is 64.8. The van der Waals surface area contributed by atoms with Crippen LogP contribution >= 0.6 is 0 Å². The van der Waals surface area contributed by atoms with Crippen LogP contribution in [0.4, 0.5) is 30.7 Å². The van der Waals surface area contributed by atoms with E-state index >= 15 is 0 Å². The number of nitrogens with zero attached hydrogens (tertiary/aromatic N) is 2. The first kappa shape index (κ1) is 87.9. The summed E-state index contributed by atoms with van der Waals surface area (Å²) >= 11 is 0. The topological polar surface area (TPSA) is 35.0 Å². The summed E-state index contributed by atoms with van der Waals surface area (Å²) in [5.41, 5.74) is 17.0. The van der Waals surface area contributed by atoms with Crippen molar-refractivity contribution in [2.75, 3.05) is 0 Å². The van der Waals surface area contributed by atoms with E-state index in [1.54, 1.807) is 31.2 Å². The second-order valence-electron chi connectivity index (χ2n) is 33.6. The van der Waals surface area contributed by atoms with Gasteiger partial charge in [0, 0.05) is 34.1 Å². The van der Waals surface area contributed by atoms with Gasteiger partial charge in [0.1, 0.15) is 11.6 Å². The summed E-state index contributed by atoms with van der Waals surface area (Å²) in [5, 5.41) is 0. The predicted octanol–water partition coefficient (Wildman–Crippen LogP) is 26.9. The highest BCUT2D eigenvalue weighted by molar-refractivity contribution is 5.37. The lowest BCUT2D eigenvalue weighted by Gasteiger charge is -2.21. The van der Waals surface area contributed by atoms with Crippen LogP contribution in [0.25, 0.3) is 0 Å². The van der Waals surface area contributed by atoms with Crippen molar-refractivity contribution in [3.05, 3.63) is 265 Å². The van der Waals surface area contributed by atoms with Crippen molar-refractivity contribution in [1.82, 2.24) is 9.97 Å². The van der Waals surface area contributed by atoms with Crippen molar-refractivity contribution in [1.29, 1.82) is 0 Å². The van der Waals surface area contributed by atoms with Gasteiger partial charge in [-0.1, -0.05) is 304 Å². The molecule has 97 heavy (non-hydrogen) atoms. The van der Waals surface area contributed by atoms with Crippen LogP contribution < -0.4 is 4.74 Å². The summed E-state index contributed by atoms with van der Waals surface area (Å²) in [4.78, 5) is 8.79. The lowest BCUT2D eigenvalue weighted by molar-refractivity contribution is -0.274. The normalized spacial score (nSPS) is 12.0. The van der Waals surface area contributed by atoms with Gasteiger partial charge in [-0.15, -0.1) is 13.2 Å². The number of hydrogen-bond acceptors (Lipinski definition) is 3. The maximum absolute atomic E-state index is 13.1. The maximum atomic E-state index is 13.1. The molecule has 2 aromatic heterocycles. The van der Waals surface area contributed by atoms with Crippen LogP contribution in [0.3, 0.4) is 0 Å². The molecule has 0 saturated heterocycles.